The maximum atomic E-state index is 13.6. The molecular weight excluding hydrogens is 637 g/mol. The highest BCUT2D eigenvalue weighted by Crippen LogP contribution is 2.34. The van der Waals surface area contributed by atoms with Crippen molar-refractivity contribution in [3.63, 3.8) is 0 Å². The molecule has 14 heteroatoms. The predicted octanol–water partition coefficient (Wildman–Crippen LogP) is 4.23. The van der Waals surface area contributed by atoms with E-state index < -0.39 is 64.6 Å². The number of halogens is 2. The van der Waals surface area contributed by atoms with Gasteiger partial charge in [-0.25, -0.2) is 4.79 Å². The van der Waals surface area contributed by atoms with Crippen molar-refractivity contribution in [3.8, 4) is 0 Å². The number of hydrogen-bond donors (Lipinski definition) is 4. The highest BCUT2D eigenvalue weighted by molar-refractivity contribution is 6.43. The molecule has 2 fully saturated rings. The molecule has 266 valence electrons. The first-order chi connectivity index (χ1) is 20.7. The molecule has 0 spiro atoms. The molecule has 1 heterocycles. The number of hydrogen-bond acceptors (Lipinski definition) is 7. The minimum Gasteiger partial charge on any atom is -0.459 e. The molecule has 0 bridgehead atoms. The highest BCUT2D eigenvalue weighted by Gasteiger charge is 2.43. The maximum absolute atomic E-state index is 13.6. The molecule has 12 nitrogen and oxygen atoms in total. The zero-order valence-corrected chi connectivity index (χ0v) is 31.0. The van der Waals surface area contributed by atoms with Gasteiger partial charge in [0.15, 0.2) is 0 Å². The minimum absolute atomic E-state index is 0.222. The number of primary amides is 1. The van der Waals surface area contributed by atoms with Gasteiger partial charge in [-0.1, -0.05) is 61.3 Å². The normalized spacial score (nSPS) is 17.7. The van der Waals surface area contributed by atoms with Gasteiger partial charge in [-0.05, 0) is 63.7 Å². The number of rotatable bonds is 10. The van der Waals surface area contributed by atoms with E-state index in [0.717, 1.165) is 12.8 Å². The molecule has 0 aromatic heterocycles. The summed E-state index contributed by atoms with van der Waals surface area (Å²) >= 11 is 10.1. The molecule has 2 aliphatic rings. The smallest absolute Gasteiger partial charge is 0.325 e. The maximum Gasteiger partial charge on any atom is 0.325 e. The second-order valence-electron chi connectivity index (χ2n) is 15.4. The Hall–Kier alpha value is -2.60. The lowest BCUT2D eigenvalue weighted by atomic mass is 9.85. The zero-order chi connectivity index (χ0) is 36.2. The van der Waals surface area contributed by atoms with Crippen LogP contribution in [0.15, 0.2) is 0 Å². The fourth-order valence-corrected chi connectivity index (χ4v) is 4.19. The number of nitrogens with one attached hydrogen (secondary N) is 3. The van der Waals surface area contributed by atoms with Crippen molar-refractivity contribution in [3.05, 3.63) is 0 Å². The van der Waals surface area contributed by atoms with Crippen LogP contribution in [0.3, 0.4) is 0 Å². The summed E-state index contributed by atoms with van der Waals surface area (Å²) in [5.74, 6) is -3.33. The number of ether oxygens (including phenoxy) is 1. The van der Waals surface area contributed by atoms with E-state index in [0.29, 0.717) is 31.2 Å². The number of likely N-dealkylation sites (tertiary alicyclic amines) is 1. The van der Waals surface area contributed by atoms with E-state index in [4.69, 9.17) is 33.7 Å². The molecule has 3 atom stereocenters. The van der Waals surface area contributed by atoms with E-state index in [2.05, 4.69) is 43.6 Å². The van der Waals surface area contributed by atoms with Gasteiger partial charge in [0.1, 0.15) is 29.1 Å². The number of carbonyl (C=O) groups is 6. The largest absolute Gasteiger partial charge is 0.459 e. The van der Waals surface area contributed by atoms with Crippen LogP contribution in [0.2, 0.25) is 0 Å². The van der Waals surface area contributed by atoms with Crippen molar-refractivity contribution in [2.24, 2.45) is 22.5 Å². The van der Waals surface area contributed by atoms with Crippen molar-refractivity contribution in [1.29, 1.82) is 0 Å². The first-order valence-corrected chi connectivity index (χ1v) is 16.6. The molecule has 1 saturated carbocycles. The summed E-state index contributed by atoms with van der Waals surface area (Å²) in [6, 6.07) is -3.61. The molecule has 1 saturated heterocycles. The second-order valence-corrected chi connectivity index (χ2v) is 16.9. The number of amides is 5. The summed E-state index contributed by atoms with van der Waals surface area (Å²) in [6.45, 7) is 20.8. The predicted molar refractivity (Wildman–Crippen MR) is 180 cm³/mol. The Kier molecular flexibility index (Phi) is 17.6. The lowest BCUT2D eigenvalue weighted by Gasteiger charge is -2.35. The highest BCUT2D eigenvalue weighted by atomic mass is 35.5. The molecule has 1 aliphatic carbocycles. The van der Waals surface area contributed by atoms with Crippen molar-refractivity contribution in [1.82, 2.24) is 20.9 Å². The van der Waals surface area contributed by atoms with Crippen LogP contribution >= 0.6 is 23.2 Å². The average Bonchev–Trinajstić information content (AvgIpc) is 3.52. The molecule has 0 aromatic rings. The van der Waals surface area contributed by atoms with Gasteiger partial charge in [-0.3, -0.25) is 24.0 Å². The second kappa shape index (κ2) is 18.7. The van der Waals surface area contributed by atoms with E-state index in [1.165, 1.54) is 4.90 Å². The van der Waals surface area contributed by atoms with Gasteiger partial charge in [0, 0.05) is 6.54 Å². The monoisotopic (exact) mass is 693 g/mol. The summed E-state index contributed by atoms with van der Waals surface area (Å²) in [4.78, 5) is 76.0. The number of alkyl halides is 2. The van der Waals surface area contributed by atoms with Crippen LogP contribution < -0.4 is 21.7 Å². The van der Waals surface area contributed by atoms with Gasteiger partial charge < -0.3 is 31.3 Å². The lowest BCUT2D eigenvalue weighted by Crippen LogP contribution is -2.60. The Morgan fingerprint density at radius 2 is 1.39 bits per heavy atom. The van der Waals surface area contributed by atoms with Crippen LogP contribution in [0.4, 0.5) is 4.79 Å². The third-order valence-electron chi connectivity index (χ3n) is 6.18. The van der Waals surface area contributed by atoms with E-state index >= 15 is 0 Å². The SMILES string of the molecule is CC(C)(C)C.CC(C)(C)OC(=O)CNC(=O)NC(C(=O)N1CCC[C@H]1C(=O)NC(CC1CC1)C(=O)C(N)=O)C(C)(C)C.CC(Cl)Cl. The third-order valence-corrected chi connectivity index (χ3v) is 6.18. The molecule has 2 unspecified atom stereocenters. The topological polar surface area (TPSA) is 177 Å². The van der Waals surface area contributed by atoms with Crippen molar-refractivity contribution >= 4 is 58.7 Å². The molecule has 5 amide bonds. The van der Waals surface area contributed by atoms with Gasteiger partial charge in [-0.15, -0.1) is 23.2 Å². The van der Waals surface area contributed by atoms with Crippen molar-refractivity contribution in [2.45, 2.75) is 137 Å². The fraction of sp³-hybridized carbons (Fsp3) is 0.812. The third kappa shape index (κ3) is 19.8. The van der Waals surface area contributed by atoms with Gasteiger partial charge in [0.05, 0.1) is 6.04 Å². The van der Waals surface area contributed by atoms with Gasteiger partial charge in [0.2, 0.25) is 17.6 Å². The van der Waals surface area contributed by atoms with Crippen LogP contribution in [-0.2, 0) is 28.7 Å². The number of esters is 1. The number of ketones is 1. The lowest BCUT2D eigenvalue weighted by molar-refractivity contribution is -0.153. The Balaban J connectivity index is 0.00000198. The van der Waals surface area contributed by atoms with Crippen LogP contribution in [-0.4, -0.2) is 82.1 Å². The summed E-state index contributed by atoms with van der Waals surface area (Å²) in [7, 11) is 0. The summed E-state index contributed by atoms with van der Waals surface area (Å²) < 4.78 is 5.17. The quantitative estimate of drug-likeness (QED) is 0.150. The summed E-state index contributed by atoms with van der Waals surface area (Å²) in [5.41, 5.74) is 4.24. The van der Waals surface area contributed by atoms with E-state index in [9.17, 15) is 28.8 Å². The van der Waals surface area contributed by atoms with Gasteiger partial charge in [-0.2, -0.15) is 0 Å². The molecule has 2 rings (SSSR count). The Labute approximate surface area is 284 Å². The molecule has 5 N–H and O–H groups in total. The minimum atomic E-state index is -1.11. The fourth-order valence-electron chi connectivity index (χ4n) is 4.19. The van der Waals surface area contributed by atoms with Gasteiger partial charge >= 0.3 is 12.0 Å². The number of carbonyl (C=O) groups excluding carboxylic acids is 6. The van der Waals surface area contributed by atoms with Crippen LogP contribution in [0.1, 0.15) is 108 Å². The average molecular weight is 695 g/mol. The molecular formula is C32H57Cl2N5O7. The number of urea groups is 1. The van der Waals surface area contributed by atoms with Crippen molar-refractivity contribution in [2.75, 3.05) is 13.1 Å². The Morgan fingerprint density at radius 3 is 1.80 bits per heavy atom. The van der Waals surface area contributed by atoms with E-state index in [1.54, 1.807) is 48.5 Å². The van der Waals surface area contributed by atoms with Crippen LogP contribution in [0.25, 0.3) is 0 Å². The molecule has 0 aromatic carbocycles. The number of Topliss-reactive ketones (excluding diaryl/α,β-unsaturated/α-hetero) is 1. The zero-order valence-electron chi connectivity index (χ0n) is 29.5. The Morgan fingerprint density at radius 1 is 0.891 bits per heavy atom. The first-order valence-electron chi connectivity index (χ1n) is 15.7. The summed E-state index contributed by atoms with van der Waals surface area (Å²) in [5, 5.41) is 7.66. The van der Waals surface area contributed by atoms with Crippen LogP contribution in [0.5, 0.6) is 0 Å². The molecule has 1 aliphatic heterocycles. The number of nitrogens with zero attached hydrogens (tertiary/aromatic N) is 1. The first kappa shape index (κ1) is 43.4. The standard InChI is InChI=1S/C25H41N5O7.C5H12.C2H4Cl2/c1-24(2,3)19(29-23(36)27-13-17(31)37-25(4,5)6)22(35)30-11-7-8-16(30)21(34)28-15(12-14-9-10-14)18(32)20(26)33;1-5(2,3)4;1-2(3)4/h14-16,19H,7-13H2,1-6H3,(H2,26,33)(H,28,34)(H2,27,29,36);1-4H3;2H,1H3/t15?,16-,19?;;/m0../s1. The summed E-state index contributed by atoms with van der Waals surface area (Å²) in [6.07, 6.45) is 3.10. The number of nitrogens with two attached hydrogens (primary N) is 1. The van der Waals surface area contributed by atoms with Gasteiger partial charge in [0.25, 0.3) is 5.91 Å². The molecule has 46 heavy (non-hydrogen) atoms. The molecule has 0 radical (unpaired) electrons. The van der Waals surface area contributed by atoms with E-state index in [1.807, 2.05) is 0 Å². The van der Waals surface area contributed by atoms with Crippen LogP contribution in [0, 0.1) is 16.7 Å². The van der Waals surface area contributed by atoms with Crippen molar-refractivity contribution < 1.29 is 33.5 Å². The van der Waals surface area contributed by atoms with E-state index in [-0.39, 0.29) is 17.3 Å². The Bertz CT molecular complexity index is 1050.